The topological polar surface area (TPSA) is 50.2 Å². The zero-order valence-electron chi connectivity index (χ0n) is 9.05. The minimum atomic E-state index is -4.90. The van der Waals surface area contributed by atoms with Crippen LogP contribution in [0.3, 0.4) is 0 Å². The SMILES string of the molecule is CCc1cc(C(F)(F)F)nc(C(F)F)c1C(=O)O. The summed E-state index contributed by atoms with van der Waals surface area (Å²) in [6.07, 6.45) is -8.40. The van der Waals surface area contributed by atoms with Crippen LogP contribution in [0, 0.1) is 0 Å². The number of aromatic carboxylic acids is 1. The molecule has 0 atom stereocenters. The van der Waals surface area contributed by atoms with E-state index in [-0.39, 0.29) is 12.0 Å². The van der Waals surface area contributed by atoms with Crippen molar-refractivity contribution in [3.63, 3.8) is 0 Å². The molecule has 0 saturated heterocycles. The average molecular weight is 269 g/mol. The number of rotatable bonds is 3. The van der Waals surface area contributed by atoms with Crippen LogP contribution in [0.2, 0.25) is 0 Å². The number of alkyl halides is 5. The Morgan fingerprint density at radius 3 is 2.33 bits per heavy atom. The lowest BCUT2D eigenvalue weighted by atomic mass is 10.0. The molecule has 8 heteroatoms. The van der Waals surface area contributed by atoms with E-state index in [1.54, 1.807) is 0 Å². The molecular weight excluding hydrogens is 261 g/mol. The van der Waals surface area contributed by atoms with Gasteiger partial charge in [-0.25, -0.2) is 18.6 Å². The van der Waals surface area contributed by atoms with Gasteiger partial charge in [0.15, 0.2) is 0 Å². The maximum Gasteiger partial charge on any atom is 0.433 e. The van der Waals surface area contributed by atoms with E-state index < -0.39 is 35.5 Å². The Hall–Kier alpha value is -1.73. The Labute approximate surface area is 98.3 Å². The van der Waals surface area contributed by atoms with Gasteiger partial charge < -0.3 is 5.11 Å². The summed E-state index contributed by atoms with van der Waals surface area (Å²) in [5, 5.41) is 8.77. The fourth-order valence-electron chi connectivity index (χ4n) is 1.45. The smallest absolute Gasteiger partial charge is 0.433 e. The Bertz CT molecular complexity index is 470. The van der Waals surface area contributed by atoms with E-state index in [2.05, 4.69) is 4.98 Å². The van der Waals surface area contributed by atoms with E-state index >= 15 is 0 Å². The van der Waals surface area contributed by atoms with E-state index in [1.807, 2.05) is 0 Å². The van der Waals surface area contributed by atoms with Crippen molar-refractivity contribution in [2.24, 2.45) is 0 Å². The molecule has 1 N–H and O–H groups in total. The standard InChI is InChI=1S/C10H8F5NO2/c1-2-4-3-5(10(13,14)15)16-7(8(11)12)6(4)9(17)18/h3,8H,2H2,1H3,(H,17,18). The summed E-state index contributed by atoms with van der Waals surface area (Å²) in [6.45, 7) is 1.37. The minimum absolute atomic E-state index is 0.118. The Kier molecular flexibility index (Phi) is 3.88. The van der Waals surface area contributed by atoms with Crippen molar-refractivity contribution in [2.75, 3.05) is 0 Å². The van der Waals surface area contributed by atoms with Crippen LogP contribution in [-0.2, 0) is 12.6 Å². The molecule has 0 aliphatic carbocycles. The molecule has 1 aromatic rings. The summed E-state index contributed by atoms with van der Waals surface area (Å²) in [6, 6.07) is 0.481. The van der Waals surface area contributed by atoms with Crippen molar-refractivity contribution in [1.82, 2.24) is 4.98 Å². The van der Waals surface area contributed by atoms with Crippen LogP contribution in [0.4, 0.5) is 22.0 Å². The summed E-state index contributed by atoms with van der Waals surface area (Å²) in [7, 11) is 0. The predicted molar refractivity (Wildman–Crippen MR) is 50.5 cm³/mol. The molecule has 1 heterocycles. The number of aromatic nitrogens is 1. The van der Waals surface area contributed by atoms with E-state index in [9.17, 15) is 26.7 Å². The third kappa shape index (κ3) is 2.74. The molecule has 1 aromatic heterocycles. The first-order valence-electron chi connectivity index (χ1n) is 4.81. The second-order valence-electron chi connectivity index (χ2n) is 3.38. The van der Waals surface area contributed by atoms with Gasteiger partial charge in [-0.2, -0.15) is 13.2 Å². The first-order valence-corrected chi connectivity index (χ1v) is 4.81. The summed E-state index contributed by atoms with van der Waals surface area (Å²) in [5.41, 5.74) is -4.05. The van der Waals surface area contributed by atoms with Gasteiger partial charge in [0.25, 0.3) is 6.43 Å². The highest BCUT2D eigenvalue weighted by Crippen LogP contribution is 2.33. The Morgan fingerprint density at radius 1 is 1.44 bits per heavy atom. The molecule has 0 aromatic carbocycles. The van der Waals surface area contributed by atoms with E-state index in [0.29, 0.717) is 6.07 Å². The number of nitrogens with zero attached hydrogens (tertiary/aromatic N) is 1. The van der Waals surface area contributed by atoms with Gasteiger partial charge in [-0.1, -0.05) is 6.92 Å². The van der Waals surface area contributed by atoms with Crippen molar-refractivity contribution in [3.8, 4) is 0 Å². The van der Waals surface area contributed by atoms with Gasteiger partial charge in [-0.15, -0.1) is 0 Å². The first-order chi connectivity index (χ1) is 8.18. The molecule has 0 spiro atoms. The van der Waals surface area contributed by atoms with Gasteiger partial charge in [0, 0.05) is 0 Å². The number of pyridine rings is 1. The fraction of sp³-hybridized carbons (Fsp3) is 0.400. The third-order valence-electron chi connectivity index (χ3n) is 2.22. The van der Waals surface area contributed by atoms with Crippen LogP contribution in [0.1, 0.15) is 40.7 Å². The van der Waals surface area contributed by atoms with Gasteiger partial charge in [0.2, 0.25) is 0 Å². The highest BCUT2D eigenvalue weighted by atomic mass is 19.4. The molecule has 0 bridgehead atoms. The van der Waals surface area contributed by atoms with E-state index in [1.165, 1.54) is 6.92 Å². The van der Waals surface area contributed by atoms with Gasteiger partial charge in [0.05, 0.1) is 5.56 Å². The van der Waals surface area contributed by atoms with Gasteiger partial charge >= 0.3 is 12.1 Å². The highest BCUT2D eigenvalue weighted by Gasteiger charge is 2.36. The zero-order valence-corrected chi connectivity index (χ0v) is 9.05. The molecule has 3 nitrogen and oxygen atoms in total. The fourth-order valence-corrected chi connectivity index (χ4v) is 1.45. The first kappa shape index (κ1) is 14.3. The zero-order chi connectivity index (χ0) is 14.1. The lowest BCUT2D eigenvalue weighted by molar-refractivity contribution is -0.141. The molecule has 0 aliphatic heterocycles. The predicted octanol–water partition coefficient (Wildman–Crippen LogP) is 3.30. The number of hydrogen-bond donors (Lipinski definition) is 1. The largest absolute Gasteiger partial charge is 0.478 e. The number of halogens is 5. The van der Waals surface area contributed by atoms with Crippen molar-refractivity contribution in [2.45, 2.75) is 25.9 Å². The van der Waals surface area contributed by atoms with Gasteiger partial charge in [-0.05, 0) is 18.1 Å². The van der Waals surface area contributed by atoms with Crippen LogP contribution >= 0.6 is 0 Å². The quantitative estimate of drug-likeness (QED) is 0.856. The summed E-state index contributed by atoms with van der Waals surface area (Å²) >= 11 is 0. The maximum atomic E-state index is 12.6. The van der Waals surface area contributed by atoms with E-state index in [0.717, 1.165) is 0 Å². The van der Waals surface area contributed by atoms with Crippen molar-refractivity contribution >= 4 is 5.97 Å². The minimum Gasteiger partial charge on any atom is -0.478 e. The summed E-state index contributed by atoms with van der Waals surface area (Å²) in [4.78, 5) is 13.5. The molecule has 0 amide bonds. The van der Waals surface area contributed by atoms with E-state index in [4.69, 9.17) is 5.11 Å². The molecule has 0 radical (unpaired) electrons. The molecule has 18 heavy (non-hydrogen) atoms. The molecule has 100 valence electrons. The van der Waals surface area contributed by atoms with Crippen LogP contribution < -0.4 is 0 Å². The second kappa shape index (κ2) is 4.87. The van der Waals surface area contributed by atoms with Crippen molar-refractivity contribution in [3.05, 3.63) is 28.6 Å². The monoisotopic (exact) mass is 269 g/mol. The van der Waals surface area contributed by atoms with Crippen LogP contribution in [0.15, 0.2) is 6.07 Å². The molecule has 0 fully saturated rings. The number of aryl methyl sites for hydroxylation is 1. The number of carboxylic acids is 1. The van der Waals surface area contributed by atoms with Crippen LogP contribution in [0.25, 0.3) is 0 Å². The highest BCUT2D eigenvalue weighted by molar-refractivity contribution is 5.90. The number of hydrogen-bond acceptors (Lipinski definition) is 2. The molecule has 0 unspecified atom stereocenters. The third-order valence-corrected chi connectivity index (χ3v) is 2.22. The summed E-state index contributed by atoms with van der Waals surface area (Å²) in [5.74, 6) is -1.72. The Balaban J connectivity index is 3.59. The van der Waals surface area contributed by atoms with Gasteiger partial charge in [-0.3, -0.25) is 0 Å². The molecule has 0 saturated carbocycles. The van der Waals surface area contributed by atoms with Crippen molar-refractivity contribution in [1.29, 1.82) is 0 Å². The molecule has 1 rings (SSSR count). The lowest BCUT2D eigenvalue weighted by Crippen LogP contribution is -2.16. The van der Waals surface area contributed by atoms with Crippen molar-refractivity contribution < 1.29 is 31.9 Å². The average Bonchev–Trinajstić information content (AvgIpc) is 2.25. The van der Waals surface area contributed by atoms with Gasteiger partial charge in [0.1, 0.15) is 11.4 Å². The second-order valence-corrected chi connectivity index (χ2v) is 3.38. The lowest BCUT2D eigenvalue weighted by Gasteiger charge is -2.13. The molecule has 0 aliphatic rings. The maximum absolute atomic E-state index is 12.6. The number of carboxylic acid groups (broad SMARTS) is 1. The Morgan fingerprint density at radius 2 is 2.00 bits per heavy atom. The van der Waals surface area contributed by atoms with Crippen LogP contribution in [0.5, 0.6) is 0 Å². The summed E-state index contributed by atoms with van der Waals surface area (Å²) < 4.78 is 62.4. The molecular formula is C10H8F5NO2. The van der Waals surface area contributed by atoms with Crippen LogP contribution in [-0.4, -0.2) is 16.1 Å². The normalized spacial score (nSPS) is 11.9. The number of carbonyl (C=O) groups is 1.